The lowest BCUT2D eigenvalue weighted by Gasteiger charge is -2.09. The standard InChI is InChI=1S/C14H10ClFO3/c1-8-2-4-12(10(15)6-8)19-13-5-3-9(14(17)18)7-11(13)16/h2-7H,1H3,(H,17,18). The molecule has 0 saturated heterocycles. The first-order chi connectivity index (χ1) is 8.97. The van der Waals surface area contributed by atoms with Gasteiger partial charge in [0.1, 0.15) is 5.75 Å². The van der Waals surface area contributed by atoms with Crippen LogP contribution in [0.3, 0.4) is 0 Å². The van der Waals surface area contributed by atoms with Crippen LogP contribution < -0.4 is 4.74 Å². The highest BCUT2D eigenvalue weighted by molar-refractivity contribution is 6.32. The number of rotatable bonds is 3. The highest BCUT2D eigenvalue weighted by Crippen LogP contribution is 2.31. The van der Waals surface area contributed by atoms with Crippen molar-refractivity contribution in [2.24, 2.45) is 0 Å². The summed E-state index contributed by atoms with van der Waals surface area (Å²) < 4.78 is 19.0. The van der Waals surface area contributed by atoms with Gasteiger partial charge in [-0.3, -0.25) is 0 Å². The van der Waals surface area contributed by atoms with E-state index in [1.807, 2.05) is 6.92 Å². The molecule has 0 aromatic heterocycles. The van der Waals surface area contributed by atoms with Gasteiger partial charge in [0.25, 0.3) is 0 Å². The molecule has 5 heteroatoms. The predicted molar refractivity (Wildman–Crippen MR) is 69.6 cm³/mol. The minimum atomic E-state index is -1.20. The molecule has 2 rings (SSSR count). The summed E-state index contributed by atoms with van der Waals surface area (Å²) in [5.41, 5.74) is 0.818. The van der Waals surface area contributed by atoms with Gasteiger partial charge in [-0.2, -0.15) is 0 Å². The van der Waals surface area contributed by atoms with Crippen LogP contribution in [0.25, 0.3) is 0 Å². The van der Waals surface area contributed by atoms with Crippen LogP contribution >= 0.6 is 11.6 Å². The molecular weight excluding hydrogens is 271 g/mol. The van der Waals surface area contributed by atoms with Crippen molar-refractivity contribution in [3.8, 4) is 11.5 Å². The molecule has 3 nitrogen and oxygen atoms in total. The Balaban J connectivity index is 2.31. The Bertz CT molecular complexity index is 641. The molecule has 98 valence electrons. The summed E-state index contributed by atoms with van der Waals surface area (Å²) in [5, 5.41) is 9.10. The Kier molecular flexibility index (Phi) is 3.71. The summed E-state index contributed by atoms with van der Waals surface area (Å²) in [6, 6.07) is 8.53. The molecule has 1 N–H and O–H groups in total. The van der Waals surface area contributed by atoms with Gasteiger partial charge in [-0.05, 0) is 42.8 Å². The van der Waals surface area contributed by atoms with E-state index >= 15 is 0 Å². The molecule has 0 heterocycles. The number of halogens is 2. The van der Waals surface area contributed by atoms with Crippen LogP contribution in [0.5, 0.6) is 11.5 Å². The van der Waals surface area contributed by atoms with Gasteiger partial charge in [0, 0.05) is 0 Å². The zero-order valence-electron chi connectivity index (χ0n) is 9.98. The molecule has 0 atom stereocenters. The summed E-state index contributed by atoms with van der Waals surface area (Å²) in [6.45, 7) is 1.87. The zero-order valence-corrected chi connectivity index (χ0v) is 10.7. The topological polar surface area (TPSA) is 46.5 Å². The van der Waals surface area contributed by atoms with Gasteiger partial charge in [-0.15, -0.1) is 0 Å². The van der Waals surface area contributed by atoms with Crippen molar-refractivity contribution in [2.45, 2.75) is 6.92 Å². The van der Waals surface area contributed by atoms with E-state index in [4.69, 9.17) is 21.4 Å². The molecule has 0 bridgehead atoms. The van der Waals surface area contributed by atoms with Crippen molar-refractivity contribution < 1.29 is 19.0 Å². The smallest absolute Gasteiger partial charge is 0.335 e. The third kappa shape index (κ3) is 3.03. The first-order valence-electron chi connectivity index (χ1n) is 5.44. The lowest BCUT2D eigenvalue weighted by molar-refractivity contribution is 0.0696. The summed E-state index contributed by atoms with van der Waals surface area (Å²) >= 11 is 5.97. The Morgan fingerprint density at radius 3 is 2.47 bits per heavy atom. The van der Waals surface area contributed by atoms with E-state index in [0.717, 1.165) is 11.6 Å². The Morgan fingerprint density at radius 2 is 1.89 bits per heavy atom. The van der Waals surface area contributed by atoms with Crippen LogP contribution in [0, 0.1) is 12.7 Å². The van der Waals surface area contributed by atoms with Crippen molar-refractivity contribution in [3.05, 3.63) is 58.4 Å². The molecule has 0 aliphatic carbocycles. The maximum absolute atomic E-state index is 13.7. The number of aryl methyl sites for hydroxylation is 1. The van der Waals surface area contributed by atoms with Gasteiger partial charge < -0.3 is 9.84 Å². The summed E-state index contributed by atoms with van der Waals surface area (Å²) in [4.78, 5) is 10.7. The highest BCUT2D eigenvalue weighted by atomic mass is 35.5. The lowest BCUT2D eigenvalue weighted by atomic mass is 10.2. The van der Waals surface area contributed by atoms with Crippen molar-refractivity contribution >= 4 is 17.6 Å². The molecule has 0 aliphatic heterocycles. The number of aromatic carboxylic acids is 1. The number of carboxylic acid groups (broad SMARTS) is 1. The van der Waals surface area contributed by atoms with Crippen molar-refractivity contribution in [3.63, 3.8) is 0 Å². The number of hydrogen-bond donors (Lipinski definition) is 1. The van der Waals surface area contributed by atoms with Crippen LogP contribution in [-0.4, -0.2) is 11.1 Å². The Morgan fingerprint density at radius 1 is 1.21 bits per heavy atom. The van der Waals surface area contributed by atoms with Crippen LogP contribution in [0.2, 0.25) is 5.02 Å². The normalized spacial score (nSPS) is 10.3. The summed E-state index contributed by atoms with van der Waals surface area (Å²) in [7, 11) is 0. The highest BCUT2D eigenvalue weighted by Gasteiger charge is 2.11. The zero-order chi connectivity index (χ0) is 14.0. The van der Waals surface area contributed by atoms with Gasteiger partial charge in [-0.1, -0.05) is 17.7 Å². The second-order valence-corrected chi connectivity index (χ2v) is 4.39. The third-order valence-corrected chi connectivity index (χ3v) is 2.78. The van der Waals surface area contributed by atoms with Crippen LogP contribution in [0.1, 0.15) is 15.9 Å². The quantitative estimate of drug-likeness (QED) is 0.913. The predicted octanol–water partition coefficient (Wildman–Crippen LogP) is 4.28. The number of ether oxygens (including phenoxy) is 1. The molecule has 0 unspecified atom stereocenters. The maximum atomic E-state index is 13.7. The molecule has 0 spiro atoms. The van der Waals surface area contributed by atoms with Gasteiger partial charge in [0.15, 0.2) is 11.6 Å². The van der Waals surface area contributed by atoms with Crippen molar-refractivity contribution in [1.29, 1.82) is 0 Å². The van der Waals surface area contributed by atoms with Gasteiger partial charge in [0.2, 0.25) is 0 Å². The fraction of sp³-hybridized carbons (Fsp3) is 0.0714. The second kappa shape index (κ2) is 5.28. The molecule has 19 heavy (non-hydrogen) atoms. The molecule has 2 aromatic rings. The molecular formula is C14H10ClFO3. The van der Waals surface area contributed by atoms with E-state index in [1.54, 1.807) is 18.2 Å². The molecule has 0 radical (unpaired) electrons. The average Bonchev–Trinajstić information content (AvgIpc) is 2.34. The van der Waals surface area contributed by atoms with Gasteiger partial charge in [0.05, 0.1) is 10.6 Å². The SMILES string of the molecule is Cc1ccc(Oc2ccc(C(=O)O)cc2F)c(Cl)c1. The largest absolute Gasteiger partial charge is 0.478 e. The van der Waals surface area contributed by atoms with E-state index in [1.165, 1.54) is 12.1 Å². The van der Waals surface area contributed by atoms with E-state index in [0.29, 0.717) is 10.8 Å². The third-order valence-electron chi connectivity index (χ3n) is 2.49. The lowest BCUT2D eigenvalue weighted by Crippen LogP contribution is -1.98. The summed E-state index contributed by atoms with van der Waals surface area (Å²) in [5.74, 6) is -1.71. The number of benzene rings is 2. The number of hydrogen-bond acceptors (Lipinski definition) is 2. The minimum absolute atomic E-state index is 0.0734. The van der Waals surface area contributed by atoms with Gasteiger partial charge >= 0.3 is 5.97 Å². The Hall–Kier alpha value is -2.07. The van der Waals surface area contributed by atoms with E-state index in [-0.39, 0.29) is 11.3 Å². The first kappa shape index (κ1) is 13.4. The number of carboxylic acids is 1. The molecule has 2 aromatic carbocycles. The van der Waals surface area contributed by atoms with E-state index < -0.39 is 11.8 Å². The van der Waals surface area contributed by atoms with Crippen molar-refractivity contribution in [2.75, 3.05) is 0 Å². The first-order valence-corrected chi connectivity index (χ1v) is 5.82. The van der Waals surface area contributed by atoms with Gasteiger partial charge in [-0.25, -0.2) is 9.18 Å². The van der Waals surface area contributed by atoms with Crippen LogP contribution in [-0.2, 0) is 0 Å². The van der Waals surface area contributed by atoms with Crippen LogP contribution in [0.4, 0.5) is 4.39 Å². The fourth-order valence-corrected chi connectivity index (χ4v) is 1.80. The minimum Gasteiger partial charge on any atom is -0.478 e. The van der Waals surface area contributed by atoms with E-state index in [2.05, 4.69) is 0 Å². The second-order valence-electron chi connectivity index (χ2n) is 3.99. The molecule has 0 aliphatic rings. The molecule has 0 saturated carbocycles. The fourth-order valence-electron chi connectivity index (χ4n) is 1.52. The summed E-state index contributed by atoms with van der Waals surface area (Å²) in [6.07, 6.45) is 0. The van der Waals surface area contributed by atoms with Crippen LogP contribution in [0.15, 0.2) is 36.4 Å². The molecule has 0 amide bonds. The molecule has 0 fully saturated rings. The van der Waals surface area contributed by atoms with Crippen molar-refractivity contribution in [1.82, 2.24) is 0 Å². The van der Waals surface area contributed by atoms with E-state index in [9.17, 15) is 9.18 Å². The number of carbonyl (C=O) groups is 1. The maximum Gasteiger partial charge on any atom is 0.335 e. The Labute approximate surface area is 114 Å². The average molecular weight is 281 g/mol. The monoisotopic (exact) mass is 280 g/mol.